The molecule has 0 bridgehead atoms. The summed E-state index contributed by atoms with van der Waals surface area (Å²) in [5.74, 6) is 0.632. The molecule has 0 radical (unpaired) electrons. The summed E-state index contributed by atoms with van der Waals surface area (Å²) in [7, 11) is 0. The lowest BCUT2D eigenvalue weighted by molar-refractivity contribution is 0.0844. The summed E-state index contributed by atoms with van der Waals surface area (Å²) in [5, 5.41) is 3.68. The number of fused-ring (bicyclic) bond motifs is 3. The van der Waals surface area contributed by atoms with Gasteiger partial charge in [0.15, 0.2) is 0 Å². The third-order valence-electron chi connectivity index (χ3n) is 4.40. The van der Waals surface area contributed by atoms with Gasteiger partial charge in [0.2, 0.25) is 0 Å². The lowest BCUT2D eigenvalue weighted by Crippen LogP contribution is -2.51. The van der Waals surface area contributed by atoms with Crippen LogP contribution in [0.15, 0.2) is 18.5 Å². The molecule has 1 aromatic heterocycles. The molecule has 18 heavy (non-hydrogen) atoms. The first-order chi connectivity index (χ1) is 8.52. The molecule has 0 amide bonds. The van der Waals surface area contributed by atoms with Crippen LogP contribution in [0.5, 0.6) is 0 Å². The molecular weight excluding hydrogens is 222 g/mol. The predicted octanol–water partition coefficient (Wildman–Crippen LogP) is 3.20. The van der Waals surface area contributed by atoms with Gasteiger partial charge in [-0.1, -0.05) is 6.92 Å². The van der Waals surface area contributed by atoms with E-state index in [-0.39, 0.29) is 5.54 Å². The van der Waals surface area contributed by atoms with Crippen LogP contribution in [0.4, 0.5) is 5.69 Å². The first kappa shape index (κ1) is 12.0. The summed E-state index contributed by atoms with van der Waals surface area (Å²) >= 11 is 0. The van der Waals surface area contributed by atoms with Gasteiger partial charge in [-0.15, -0.1) is 0 Å². The fraction of sp³-hybridized carbons (Fsp3) is 0.667. The summed E-state index contributed by atoms with van der Waals surface area (Å²) in [6.07, 6.45) is 6.84. The van der Waals surface area contributed by atoms with Gasteiger partial charge < -0.3 is 5.32 Å². The number of hydrogen-bond acceptors (Lipinski definition) is 3. The zero-order valence-electron chi connectivity index (χ0n) is 11.8. The van der Waals surface area contributed by atoms with Crippen LogP contribution in [0.1, 0.15) is 52.0 Å². The Hall–Kier alpha value is -1.09. The highest BCUT2D eigenvalue weighted by atomic mass is 15.4. The van der Waals surface area contributed by atoms with Crippen molar-refractivity contribution in [2.45, 2.75) is 64.2 Å². The maximum atomic E-state index is 4.23. The largest absolute Gasteiger partial charge is 0.368 e. The van der Waals surface area contributed by atoms with E-state index in [0.717, 1.165) is 0 Å². The Bertz CT molecular complexity index is 449. The van der Waals surface area contributed by atoms with E-state index in [9.17, 15) is 0 Å². The highest BCUT2D eigenvalue weighted by Gasteiger charge is 2.49. The van der Waals surface area contributed by atoms with Crippen molar-refractivity contribution >= 4 is 5.69 Å². The summed E-state index contributed by atoms with van der Waals surface area (Å²) < 4.78 is 0. The van der Waals surface area contributed by atoms with E-state index in [2.05, 4.69) is 49.0 Å². The van der Waals surface area contributed by atoms with Crippen molar-refractivity contribution in [1.29, 1.82) is 0 Å². The molecule has 0 aromatic carbocycles. The van der Waals surface area contributed by atoms with Gasteiger partial charge in [0.1, 0.15) is 0 Å². The van der Waals surface area contributed by atoms with Crippen LogP contribution in [0.3, 0.4) is 0 Å². The number of anilines is 1. The summed E-state index contributed by atoms with van der Waals surface area (Å²) in [6, 6.07) is 2.88. The molecule has 3 rings (SSSR count). The van der Waals surface area contributed by atoms with Gasteiger partial charge in [-0.05, 0) is 45.2 Å². The van der Waals surface area contributed by atoms with E-state index >= 15 is 0 Å². The molecule has 3 unspecified atom stereocenters. The number of nitrogens with zero attached hydrogens (tertiary/aromatic N) is 2. The second-order valence-corrected chi connectivity index (χ2v) is 6.53. The molecule has 3 nitrogen and oxygen atoms in total. The average molecular weight is 245 g/mol. The lowest BCUT2D eigenvalue weighted by atomic mass is 9.97. The molecule has 2 aliphatic rings. The van der Waals surface area contributed by atoms with Crippen LogP contribution in [0.2, 0.25) is 0 Å². The molecule has 0 spiro atoms. The van der Waals surface area contributed by atoms with Crippen molar-refractivity contribution in [2.75, 3.05) is 5.32 Å². The van der Waals surface area contributed by atoms with Crippen LogP contribution in [0.25, 0.3) is 0 Å². The quantitative estimate of drug-likeness (QED) is 0.823. The molecule has 2 aliphatic heterocycles. The minimum absolute atomic E-state index is 0.211. The number of nitrogens with one attached hydrogen (secondary N) is 1. The number of rotatable bonds is 1. The molecule has 3 heterocycles. The summed E-state index contributed by atoms with van der Waals surface area (Å²) in [5.41, 5.74) is 2.90. The fourth-order valence-corrected chi connectivity index (χ4v) is 3.76. The van der Waals surface area contributed by atoms with Crippen molar-refractivity contribution in [2.24, 2.45) is 0 Å². The first-order valence-electron chi connectivity index (χ1n) is 7.01. The molecule has 1 N–H and O–H groups in total. The van der Waals surface area contributed by atoms with E-state index in [1.165, 1.54) is 24.1 Å². The molecule has 3 heteroatoms. The summed E-state index contributed by atoms with van der Waals surface area (Å²) in [6.45, 7) is 9.26. The van der Waals surface area contributed by atoms with E-state index in [4.69, 9.17) is 0 Å². The lowest BCUT2D eigenvalue weighted by Gasteiger charge is -2.40. The Balaban J connectivity index is 1.97. The number of pyridine rings is 1. The molecule has 1 saturated heterocycles. The third kappa shape index (κ3) is 1.64. The fourth-order valence-electron chi connectivity index (χ4n) is 3.76. The van der Waals surface area contributed by atoms with Crippen LogP contribution in [-0.2, 0) is 0 Å². The number of hydrogen-bond donors (Lipinski definition) is 1. The van der Waals surface area contributed by atoms with Crippen LogP contribution in [0, 0.1) is 0 Å². The van der Waals surface area contributed by atoms with Crippen LogP contribution in [-0.4, -0.2) is 27.6 Å². The topological polar surface area (TPSA) is 28.2 Å². The van der Waals surface area contributed by atoms with Gasteiger partial charge in [0, 0.05) is 23.7 Å². The Morgan fingerprint density at radius 1 is 1.44 bits per heavy atom. The standard InChI is InChI=1S/C15H23N3/c1-5-10-8-12-11-6-7-16-9-13(11)17-14(12)18(10)15(2,3)4/h6-7,9-10,12,14,17H,5,8H2,1-4H3. The Kier molecular flexibility index (Phi) is 2.63. The van der Waals surface area contributed by atoms with Gasteiger partial charge in [0.05, 0.1) is 18.1 Å². The number of aromatic nitrogens is 1. The first-order valence-corrected chi connectivity index (χ1v) is 7.01. The van der Waals surface area contributed by atoms with E-state index in [0.29, 0.717) is 18.1 Å². The molecule has 1 aromatic rings. The van der Waals surface area contributed by atoms with Crippen molar-refractivity contribution in [1.82, 2.24) is 9.88 Å². The van der Waals surface area contributed by atoms with Gasteiger partial charge >= 0.3 is 0 Å². The Morgan fingerprint density at radius 3 is 2.89 bits per heavy atom. The normalized spacial score (nSPS) is 31.0. The molecular formula is C15H23N3. The number of likely N-dealkylation sites (tertiary alicyclic amines) is 1. The Morgan fingerprint density at radius 2 is 2.22 bits per heavy atom. The van der Waals surface area contributed by atoms with Crippen molar-refractivity contribution in [3.8, 4) is 0 Å². The summed E-state index contributed by atoms with van der Waals surface area (Å²) in [4.78, 5) is 6.89. The molecule has 0 aliphatic carbocycles. The SMILES string of the molecule is CCC1CC2c3ccncc3NC2N1C(C)(C)C. The monoisotopic (exact) mass is 245 g/mol. The molecule has 0 saturated carbocycles. The zero-order chi connectivity index (χ0) is 12.9. The van der Waals surface area contributed by atoms with Gasteiger partial charge in [-0.3, -0.25) is 9.88 Å². The van der Waals surface area contributed by atoms with Crippen molar-refractivity contribution in [3.05, 3.63) is 24.0 Å². The molecule has 3 atom stereocenters. The van der Waals surface area contributed by atoms with Gasteiger partial charge in [0.25, 0.3) is 0 Å². The highest BCUT2D eigenvalue weighted by Crippen LogP contribution is 2.48. The van der Waals surface area contributed by atoms with Gasteiger partial charge in [-0.2, -0.15) is 0 Å². The molecule has 1 fully saturated rings. The predicted molar refractivity (Wildman–Crippen MR) is 74.7 cm³/mol. The van der Waals surface area contributed by atoms with E-state index < -0.39 is 0 Å². The average Bonchev–Trinajstić information content (AvgIpc) is 2.82. The van der Waals surface area contributed by atoms with Gasteiger partial charge in [-0.25, -0.2) is 0 Å². The van der Waals surface area contributed by atoms with Crippen molar-refractivity contribution in [3.63, 3.8) is 0 Å². The maximum absolute atomic E-state index is 4.23. The minimum Gasteiger partial charge on any atom is -0.368 e. The van der Waals surface area contributed by atoms with Crippen LogP contribution < -0.4 is 5.32 Å². The van der Waals surface area contributed by atoms with E-state index in [1.54, 1.807) is 0 Å². The minimum atomic E-state index is 0.211. The van der Waals surface area contributed by atoms with E-state index in [1.807, 2.05) is 12.4 Å². The smallest absolute Gasteiger partial charge is 0.0871 e. The zero-order valence-corrected chi connectivity index (χ0v) is 11.8. The highest BCUT2D eigenvalue weighted by molar-refractivity contribution is 5.58. The third-order valence-corrected chi connectivity index (χ3v) is 4.40. The second-order valence-electron chi connectivity index (χ2n) is 6.53. The Labute approximate surface area is 110 Å². The maximum Gasteiger partial charge on any atom is 0.0871 e. The molecule has 98 valence electrons. The second kappa shape index (κ2) is 3.95. The van der Waals surface area contributed by atoms with Crippen LogP contribution >= 0.6 is 0 Å². The van der Waals surface area contributed by atoms with Crippen molar-refractivity contribution < 1.29 is 0 Å².